The fourth-order valence-electron chi connectivity index (χ4n) is 13.1. The molecule has 6 aromatic heterocycles. The van der Waals surface area contributed by atoms with Crippen LogP contribution in [0.3, 0.4) is 0 Å². The Kier molecular flexibility index (Phi) is 22.5. The van der Waals surface area contributed by atoms with Gasteiger partial charge in [0.05, 0.1) is 36.1 Å². The number of carbonyl (C=O) groups excluding carboxylic acids is 10. The van der Waals surface area contributed by atoms with E-state index in [1.165, 1.54) is 49.6 Å². The first-order chi connectivity index (χ1) is 48.8. The van der Waals surface area contributed by atoms with Crippen molar-refractivity contribution in [3.63, 3.8) is 0 Å². The highest BCUT2D eigenvalue weighted by Crippen LogP contribution is 2.26. The summed E-state index contributed by atoms with van der Waals surface area (Å²) in [6.45, 7) is 3.18. The average molecular weight is 1370 g/mol. The molecule has 29 nitrogen and oxygen atoms in total. The predicted octanol–water partition coefficient (Wildman–Crippen LogP) is 3.10. The summed E-state index contributed by atoms with van der Waals surface area (Å²) < 4.78 is 0. The number of para-hydroxylation sites is 3. The number of carbonyl (C=O) groups is 10. The maximum absolute atomic E-state index is 16.0. The highest BCUT2D eigenvalue weighted by molar-refractivity contribution is 5.97. The third-order valence-electron chi connectivity index (χ3n) is 17.9. The molecule has 0 aliphatic carbocycles. The minimum absolute atomic E-state index is 0.0249. The number of nitrogens with two attached hydrogens (primary N) is 1. The van der Waals surface area contributed by atoms with Crippen LogP contribution in [-0.2, 0) is 94.8 Å². The molecule has 0 unspecified atom stereocenters. The zero-order valence-electron chi connectivity index (χ0n) is 56.1. The van der Waals surface area contributed by atoms with Crippen molar-refractivity contribution >= 4 is 91.8 Å². The summed E-state index contributed by atoms with van der Waals surface area (Å²) in [6.07, 6.45) is 14.4. The van der Waals surface area contributed by atoms with Crippen molar-refractivity contribution < 1.29 is 47.9 Å². The number of fused-ring (bicyclic) bond motifs is 5. The lowest BCUT2D eigenvalue weighted by Gasteiger charge is -2.34. The topological polar surface area (TPSA) is 412 Å². The molecule has 0 fully saturated rings. The molecule has 0 spiro atoms. The van der Waals surface area contributed by atoms with Crippen LogP contribution in [0.4, 0.5) is 0 Å². The van der Waals surface area contributed by atoms with Crippen LogP contribution in [0.5, 0.6) is 0 Å². The molecule has 101 heavy (non-hydrogen) atoms. The molecule has 10 amide bonds. The first kappa shape index (κ1) is 70.2. The van der Waals surface area contributed by atoms with Crippen LogP contribution < -0.4 is 37.6 Å². The standard InChI is InChI=1S/C72H81N19O10/c1-42(92)83-60(28-51-34-74-39-80-51)67(96)86-63(25-48-31-77-57-15-7-4-12-54(48)57)70(99)89-18-10-20-90(71(100)64(26-49-32-78-58-16-8-5-13-55(49)58)87-68(97)61(84-43(2)93)29-52-35-75-40-81-52)37-45-22-46(24-47(23-45)66(73)95)38-91(21-11-19-89)72(101)65(27-50-33-79-59-17-9-6-14-56(50)59)88-69(98)62(85-44(3)94)30-53-36-76-41-82-53/h4-9,12-17,22-24,31-36,39-41,60-65,77-79H,10-11,18-21,25-30,37-38H2,1-3H3,(H2,73,95)(H,74,80)(H,75,81)(H,76,82)(H,83,92)(H,84,93)(H,85,94)(H,86,96)(H,87,97)(H,88,98)/t60-,61-,62-,63+,64+,65+/m0/s1. The van der Waals surface area contributed by atoms with Crippen LogP contribution in [0.15, 0.2) is 147 Å². The van der Waals surface area contributed by atoms with Gasteiger partial charge in [-0.2, -0.15) is 0 Å². The Morgan fingerprint density at radius 1 is 0.406 bits per heavy atom. The van der Waals surface area contributed by atoms with E-state index in [2.05, 4.69) is 76.8 Å². The van der Waals surface area contributed by atoms with E-state index in [-0.39, 0.29) is 96.2 Å². The molecule has 0 radical (unpaired) electrons. The molecular formula is C72H81N19O10. The SMILES string of the molecule is CC(=O)N[C@@H](Cc1c[nH]cn1)C(=O)N[C@H](Cc1c[nH]c2ccccc12)C(=O)N1CCCN(C(=O)[C@@H](Cc2c[nH]c3ccccc23)NC(=O)[C@H](Cc2c[nH]cn2)NC(C)=O)Cc2cc(cc(C(N)=O)c2)CN(C(=O)[C@@H](Cc2c[nH]c3ccccc23)NC(=O)[C@H](Cc2c[nH]cn2)NC(C)=O)CCC1. The minimum Gasteiger partial charge on any atom is -0.366 e. The monoisotopic (exact) mass is 1370 g/mol. The molecule has 14 N–H and O–H groups in total. The molecule has 1 aliphatic heterocycles. The van der Waals surface area contributed by atoms with Crippen LogP contribution in [0.25, 0.3) is 32.7 Å². The number of benzene rings is 4. The maximum atomic E-state index is 16.0. The molecule has 524 valence electrons. The van der Waals surface area contributed by atoms with E-state index in [0.29, 0.717) is 44.9 Å². The average Bonchev–Trinajstić information content (AvgIpc) is 1.81. The maximum Gasteiger partial charge on any atom is 0.248 e. The van der Waals surface area contributed by atoms with Crippen molar-refractivity contribution in [3.05, 3.63) is 198 Å². The van der Waals surface area contributed by atoms with Gasteiger partial charge in [0.15, 0.2) is 0 Å². The number of nitrogens with zero attached hydrogens (tertiary/aromatic N) is 6. The number of hydrogen-bond acceptors (Lipinski definition) is 13. The van der Waals surface area contributed by atoms with Crippen molar-refractivity contribution in [1.29, 1.82) is 0 Å². The number of aromatic nitrogens is 9. The molecule has 1 aliphatic rings. The lowest BCUT2D eigenvalue weighted by atomic mass is 10.00. The second kappa shape index (κ2) is 32.5. The summed E-state index contributed by atoms with van der Waals surface area (Å²) in [6, 6.07) is 19.8. The Hall–Kier alpha value is -12.2. The van der Waals surface area contributed by atoms with E-state index in [1.54, 1.807) is 60.3 Å². The molecular weight excluding hydrogens is 1290 g/mol. The van der Waals surface area contributed by atoms with Gasteiger partial charge in [-0.15, -0.1) is 0 Å². The van der Waals surface area contributed by atoms with Gasteiger partial charge in [-0.3, -0.25) is 47.9 Å². The Labute approximate surface area is 579 Å². The van der Waals surface area contributed by atoms with Crippen molar-refractivity contribution in [2.45, 2.75) is 121 Å². The molecule has 4 aromatic carbocycles. The number of primary amides is 1. The van der Waals surface area contributed by atoms with Crippen molar-refractivity contribution in [2.24, 2.45) is 5.73 Å². The van der Waals surface area contributed by atoms with Gasteiger partial charge in [-0.25, -0.2) is 15.0 Å². The Morgan fingerprint density at radius 3 is 1.03 bits per heavy atom. The quantitative estimate of drug-likeness (QED) is 0.0392. The van der Waals surface area contributed by atoms with Crippen LogP contribution in [-0.4, -0.2) is 181 Å². The zero-order chi connectivity index (χ0) is 71.1. The lowest BCUT2D eigenvalue weighted by Crippen LogP contribution is -2.56. The van der Waals surface area contributed by atoms with Crippen LogP contribution in [0.1, 0.15) is 88.9 Å². The van der Waals surface area contributed by atoms with E-state index in [9.17, 15) is 33.6 Å². The van der Waals surface area contributed by atoms with Crippen molar-refractivity contribution in [1.82, 2.24) is 91.5 Å². The number of H-pyrrole nitrogens is 6. The van der Waals surface area contributed by atoms with Gasteiger partial charge in [-0.1, -0.05) is 60.7 Å². The molecule has 11 rings (SSSR count). The molecule has 0 saturated carbocycles. The van der Waals surface area contributed by atoms with Gasteiger partial charge < -0.3 is 82.2 Å². The Balaban J connectivity index is 1.00. The predicted molar refractivity (Wildman–Crippen MR) is 373 cm³/mol. The highest BCUT2D eigenvalue weighted by atomic mass is 16.2. The zero-order valence-corrected chi connectivity index (χ0v) is 56.1. The van der Waals surface area contributed by atoms with Gasteiger partial charge in [0.25, 0.3) is 0 Å². The molecule has 2 bridgehead atoms. The largest absolute Gasteiger partial charge is 0.366 e. The smallest absolute Gasteiger partial charge is 0.248 e. The van der Waals surface area contributed by atoms with Gasteiger partial charge >= 0.3 is 0 Å². The van der Waals surface area contributed by atoms with Gasteiger partial charge in [-0.05, 0) is 71.0 Å². The third-order valence-corrected chi connectivity index (χ3v) is 17.9. The van der Waals surface area contributed by atoms with Crippen molar-refractivity contribution in [3.8, 4) is 0 Å². The van der Waals surface area contributed by atoms with Crippen molar-refractivity contribution in [2.75, 3.05) is 26.2 Å². The fourth-order valence-corrected chi connectivity index (χ4v) is 13.1. The van der Waals surface area contributed by atoms with Crippen LogP contribution in [0.2, 0.25) is 0 Å². The lowest BCUT2D eigenvalue weighted by molar-refractivity contribution is -0.139. The van der Waals surface area contributed by atoms with Gasteiger partial charge in [0.2, 0.25) is 59.1 Å². The molecule has 7 heterocycles. The summed E-state index contributed by atoms with van der Waals surface area (Å²) in [5, 5.41) is 19.5. The number of nitrogens with one attached hydrogen (secondary N) is 12. The number of rotatable bonds is 25. The molecule has 6 atom stereocenters. The summed E-state index contributed by atoms with van der Waals surface area (Å²) in [7, 11) is 0. The summed E-state index contributed by atoms with van der Waals surface area (Å²) in [4.78, 5) is 180. The first-order valence-electron chi connectivity index (χ1n) is 33.4. The number of imidazole rings is 3. The summed E-state index contributed by atoms with van der Waals surface area (Å²) in [5.41, 5.74) is 12.8. The summed E-state index contributed by atoms with van der Waals surface area (Å²) >= 11 is 0. The van der Waals surface area contributed by atoms with Gasteiger partial charge in [0, 0.05) is 174 Å². The van der Waals surface area contributed by atoms with E-state index >= 15 is 14.4 Å². The second-order valence-electron chi connectivity index (χ2n) is 25.4. The van der Waals surface area contributed by atoms with Crippen LogP contribution in [0, 0.1) is 0 Å². The second-order valence-corrected chi connectivity index (χ2v) is 25.4. The normalized spacial score (nSPS) is 14.7. The fraction of sp³-hybridized carbons (Fsp3) is 0.319. The third kappa shape index (κ3) is 18.1. The Morgan fingerprint density at radius 2 is 0.723 bits per heavy atom. The molecule has 29 heteroatoms. The van der Waals surface area contributed by atoms with Crippen LogP contribution >= 0.6 is 0 Å². The Bertz CT molecular complexity index is 4400. The molecule has 0 saturated heterocycles. The van der Waals surface area contributed by atoms with Gasteiger partial charge in [0.1, 0.15) is 36.3 Å². The highest BCUT2D eigenvalue weighted by Gasteiger charge is 2.36. The van der Waals surface area contributed by atoms with E-state index in [1.807, 2.05) is 72.8 Å². The van der Waals surface area contributed by atoms with E-state index in [4.69, 9.17) is 5.73 Å². The number of aromatic amines is 6. The molecule has 10 aromatic rings. The van der Waals surface area contributed by atoms with E-state index in [0.717, 1.165) is 32.7 Å². The first-order valence-corrected chi connectivity index (χ1v) is 33.4. The summed E-state index contributed by atoms with van der Waals surface area (Å²) in [5.74, 6) is -6.05. The number of amides is 10. The number of hydrogen-bond donors (Lipinski definition) is 13. The minimum atomic E-state index is -1.32. The van der Waals surface area contributed by atoms with E-state index < -0.39 is 95.3 Å².